The van der Waals surface area contributed by atoms with E-state index in [0.29, 0.717) is 5.69 Å². The molecule has 3 N–H and O–H groups in total. The van der Waals surface area contributed by atoms with Crippen molar-refractivity contribution in [1.29, 1.82) is 0 Å². The Balaban J connectivity index is 1.63. The van der Waals surface area contributed by atoms with Crippen LogP contribution in [0.1, 0.15) is 5.56 Å². The second-order valence-corrected chi connectivity index (χ2v) is 5.15. The number of nitrogens with zero attached hydrogens (tertiary/aromatic N) is 1. The number of hydrogen-bond donors (Lipinski definition) is 3. The van der Waals surface area contributed by atoms with Crippen molar-refractivity contribution in [3.05, 3.63) is 65.1 Å². The molecule has 0 aliphatic heterocycles. The minimum atomic E-state index is -0.552. The first-order chi connectivity index (χ1) is 11.1. The Hall–Kier alpha value is -2.86. The standard InChI is InChI=1S/C16H12ClFN4O/c17-13-7-11(5-6-14(13)18)21-16(23)22-20-9-10-8-19-15-4-2-1-3-12(10)15/h1-9,19H,(H2,21,22,23)/b20-9+. The highest BCUT2D eigenvalue weighted by Crippen LogP contribution is 2.19. The van der Waals surface area contributed by atoms with Crippen molar-refractivity contribution in [2.45, 2.75) is 0 Å². The lowest BCUT2D eigenvalue weighted by Gasteiger charge is -2.04. The van der Waals surface area contributed by atoms with Crippen molar-refractivity contribution in [2.24, 2.45) is 5.10 Å². The summed E-state index contributed by atoms with van der Waals surface area (Å²) in [6, 6.07) is 11.1. The predicted octanol–water partition coefficient (Wildman–Crippen LogP) is 4.12. The highest BCUT2D eigenvalue weighted by molar-refractivity contribution is 6.31. The number of hydrogen-bond acceptors (Lipinski definition) is 2. The lowest BCUT2D eigenvalue weighted by Crippen LogP contribution is -2.24. The summed E-state index contributed by atoms with van der Waals surface area (Å²) in [5, 5.41) is 7.33. The zero-order valence-corrected chi connectivity index (χ0v) is 12.6. The monoisotopic (exact) mass is 330 g/mol. The summed E-state index contributed by atoms with van der Waals surface area (Å²) in [6.07, 6.45) is 3.34. The summed E-state index contributed by atoms with van der Waals surface area (Å²) in [6.45, 7) is 0. The first kappa shape index (κ1) is 15.1. The number of benzene rings is 2. The van der Waals surface area contributed by atoms with Gasteiger partial charge in [-0.05, 0) is 24.3 Å². The van der Waals surface area contributed by atoms with Gasteiger partial charge in [-0.3, -0.25) is 0 Å². The normalized spacial score (nSPS) is 11.0. The van der Waals surface area contributed by atoms with Crippen LogP contribution < -0.4 is 10.7 Å². The summed E-state index contributed by atoms with van der Waals surface area (Å²) < 4.78 is 13.0. The summed E-state index contributed by atoms with van der Waals surface area (Å²) in [5.41, 5.74) is 4.55. The van der Waals surface area contributed by atoms with E-state index >= 15 is 0 Å². The number of carbonyl (C=O) groups excluding carboxylic acids is 1. The van der Waals surface area contributed by atoms with Gasteiger partial charge in [0, 0.05) is 28.4 Å². The summed E-state index contributed by atoms with van der Waals surface area (Å²) in [4.78, 5) is 14.8. The van der Waals surface area contributed by atoms with E-state index in [-0.39, 0.29) is 5.02 Å². The maximum Gasteiger partial charge on any atom is 0.339 e. The highest BCUT2D eigenvalue weighted by Gasteiger charge is 2.04. The zero-order chi connectivity index (χ0) is 16.2. The van der Waals surface area contributed by atoms with E-state index in [0.717, 1.165) is 16.5 Å². The molecule has 1 heterocycles. The van der Waals surface area contributed by atoms with Crippen molar-refractivity contribution in [3.63, 3.8) is 0 Å². The molecule has 0 radical (unpaired) electrons. The summed E-state index contributed by atoms with van der Waals surface area (Å²) in [5.74, 6) is -0.546. The van der Waals surface area contributed by atoms with E-state index in [2.05, 4.69) is 20.8 Å². The number of anilines is 1. The third-order valence-electron chi connectivity index (χ3n) is 3.17. The van der Waals surface area contributed by atoms with E-state index in [1.807, 2.05) is 24.3 Å². The first-order valence-corrected chi connectivity index (χ1v) is 7.12. The molecular weight excluding hydrogens is 319 g/mol. The second-order valence-electron chi connectivity index (χ2n) is 4.74. The third-order valence-corrected chi connectivity index (χ3v) is 3.46. The Morgan fingerprint density at radius 2 is 2.09 bits per heavy atom. The smallest absolute Gasteiger partial charge is 0.339 e. The number of para-hydroxylation sites is 1. The second kappa shape index (κ2) is 6.50. The molecule has 7 heteroatoms. The topological polar surface area (TPSA) is 69.3 Å². The molecule has 0 aliphatic rings. The van der Waals surface area contributed by atoms with E-state index in [1.54, 1.807) is 6.20 Å². The molecule has 1 aromatic heterocycles. The molecular formula is C16H12ClFN4O. The molecule has 116 valence electrons. The van der Waals surface area contributed by atoms with Crippen LogP contribution >= 0.6 is 11.6 Å². The van der Waals surface area contributed by atoms with Crippen LogP contribution in [0, 0.1) is 5.82 Å². The number of aromatic nitrogens is 1. The number of aromatic amines is 1. The number of rotatable bonds is 3. The predicted molar refractivity (Wildman–Crippen MR) is 89.5 cm³/mol. The van der Waals surface area contributed by atoms with Gasteiger partial charge in [-0.25, -0.2) is 14.6 Å². The number of carbonyl (C=O) groups is 1. The molecule has 23 heavy (non-hydrogen) atoms. The van der Waals surface area contributed by atoms with Crippen LogP contribution in [0.25, 0.3) is 10.9 Å². The Labute approximate surface area is 136 Å². The number of H-pyrrole nitrogens is 1. The van der Waals surface area contributed by atoms with Crippen molar-refractivity contribution >= 4 is 40.4 Å². The van der Waals surface area contributed by atoms with Gasteiger partial charge in [0.2, 0.25) is 0 Å². The molecule has 3 aromatic rings. The molecule has 2 amide bonds. The van der Waals surface area contributed by atoms with Crippen LogP contribution in [0.3, 0.4) is 0 Å². The van der Waals surface area contributed by atoms with Crippen LogP contribution in [0.15, 0.2) is 53.8 Å². The largest absolute Gasteiger partial charge is 0.361 e. The molecule has 0 saturated heterocycles. The van der Waals surface area contributed by atoms with E-state index < -0.39 is 11.8 Å². The van der Waals surface area contributed by atoms with Crippen LogP contribution in [0.4, 0.5) is 14.9 Å². The molecule has 0 aliphatic carbocycles. The van der Waals surface area contributed by atoms with Gasteiger partial charge in [0.15, 0.2) is 0 Å². The Morgan fingerprint density at radius 1 is 1.26 bits per heavy atom. The van der Waals surface area contributed by atoms with Gasteiger partial charge in [-0.15, -0.1) is 0 Å². The fraction of sp³-hybridized carbons (Fsp3) is 0. The minimum Gasteiger partial charge on any atom is -0.361 e. The average Bonchev–Trinajstić information content (AvgIpc) is 2.94. The van der Waals surface area contributed by atoms with Gasteiger partial charge in [-0.2, -0.15) is 5.10 Å². The van der Waals surface area contributed by atoms with Crippen molar-refractivity contribution in [1.82, 2.24) is 10.4 Å². The zero-order valence-electron chi connectivity index (χ0n) is 11.8. The van der Waals surface area contributed by atoms with Crippen molar-refractivity contribution in [2.75, 3.05) is 5.32 Å². The number of halogens is 2. The van der Waals surface area contributed by atoms with Crippen molar-refractivity contribution in [3.8, 4) is 0 Å². The fourth-order valence-electron chi connectivity index (χ4n) is 2.09. The lowest BCUT2D eigenvalue weighted by molar-refractivity contribution is 0.252. The summed E-state index contributed by atoms with van der Waals surface area (Å²) >= 11 is 5.64. The van der Waals surface area contributed by atoms with Crippen LogP contribution in [-0.2, 0) is 0 Å². The Bertz CT molecular complexity index is 891. The quantitative estimate of drug-likeness (QED) is 0.491. The van der Waals surface area contributed by atoms with Gasteiger partial charge < -0.3 is 10.3 Å². The molecule has 0 bridgehead atoms. The SMILES string of the molecule is O=C(N/N=C/c1c[nH]c2ccccc12)Nc1ccc(F)c(Cl)c1. The highest BCUT2D eigenvalue weighted by atomic mass is 35.5. The molecule has 3 rings (SSSR count). The van der Waals surface area contributed by atoms with Gasteiger partial charge in [0.25, 0.3) is 0 Å². The van der Waals surface area contributed by atoms with Crippen LogP contribution in [0.5, 0.6) is 0 Å². The molecule has 0 saturated carbocycles. The molecule has 2 aromatic carbocycles. The van der Waals surface area contributed by atoms with E-state index in [4.69, 9.17) is 11.6 Å². The molecule has 0 atom stereocenters. The number of hydrazone groups is 1. The number of fused-ring (bicyclic) bond motifs is 1. The van der Waals surface area contributed by atoms with Crippen molar-refractivity contribution < 1.29 is 9.18 Å². The minimum absolute atomic E-state index is 0.0647. The molecule has 0 unspecified atom stereocenters. The van der Waals surface area contributed by atoms with Gasteiger partial charge in [-0.1, -0.05) is 29.8 Å². The van der Waals surface area contributed by atoms with Crippen LogP contribution in [0.2, 0.25) is 5.02 Å². The Morgan fingerprint density at radius 3 is 2.91 bits per heavy atom. The maximum absolute atomic E-state index is 13.0. The van der Waals surface area contributed by atoms with E-state index in [9.17, 15) is 9.18 Å². The summed E-state index contributed by atoms with van der Waals surface area (Å²) in [7, 11) is 0. The fourth-order valence-corrected chi connectivity index (χ4v) is 2.27. The van der Waals surface area contributed by atoms with E-state index in [1.165, 1.54) is 24.4 Å². The average molecular weight is 331 g/mol. The van der Waals surface area contributed by atoms with Gasteiger partial charge in [0.05, 0.1) is 11.2 Å². The Kier molecular flexibility index (Phi) is 4.25. The number of amides is 2. The van der Waals surface area contributed by atoms with Gasteiger partial charge in [0.1, 0.15) is 5.82 Å². The van der Waals surface area contributed by atoms with Gasteiger partial charge >= 0.3 is 6.03 Å². The molecule has 5 nitrogen and oxygen atoms in total. The first-order valence-electron chi connectivity index (χ1n) is 6.75. The van der Waals surface area contributed by atoms with Crippen LogP contribution in [-0.4, -0.2) is 17.2 Å². The number of urea groups is 1. The molecule has 0 spiro atoms. The molecule has 0 fully saturated rings. The lowest BCUT2D eigenvalue weighted by atomic mass is 10.2. The third kappa shape index (κ3) is 3.49. The number of nitrogens with one attached hydrogen (secondary N) is 3. The maximum atomic E-state index is 13.0.